The van der Waals surface area contributed by atoms with Crippen LogP contribution in [0.2, 0.25) is 0 Å². The van der Waals surface area contributed by atoms with Crippen LogP contribution in [0, 0.1) is 16.7 Å². The van der Waals surface area contributed by atoms with Gasteiger partial charge in [0.25, 0.3) is 0 Å². The lowest BCUT2D eigenvalue weighted by atomic mass is 9.52. The van der Waals surface area contributed by atoms with Crippen molar-refractivity contribution in [3.8, 4) is 6.07 Å². The fourth-order valence-electron chi connectivity index (χ4n) is 3.35. The molecular weight excluding hydrogens is 208 g/mol. The molecule has 2 N–H and O–H groups in total. The molecule has 0 heterocycles. The molecule has 2 atom stereocenters. The number of nitrogens with two attached hydrogens (primary N) is 1. The van der Waals surface area contributed by atoms with E-state index >= 15 is 0 Å². The largest absolute Gasteiger partial charge is 0.327 e. The fourth-order valence-corrected chi connectivity index (χ4v) is 3.35. The monoisotopic (exact) mass is 228 g/mol. The van der Waals surface area contributed by atoms with Gasteiger partial charge >= 0.3 is 0 Å². The molecule has 1 aliphatic rings. The summed E-state index contributed by atoms with van der Waals surface area (Å²) in [6.45, 7) is 4.47. The van der Waals surface area contributed by atoms with Crippen LogP contribution in [0.15, 0.2) is 24.3 Å². The highest BCUT2D eigenvalue weighted by Gasteiger charge is 2.50. The van der Waals surface area contributed by atoms with Gasteiger partial charge in [0.2, 0.25) is 0 Å². The van der Waals surface area contributed by atoms with E-state index in [-0.39, 0.29) is 5.41 Å². The quantitative estimate of drug-likeness (QED) is 0.863. The van der Waals surface area contributed by atoms with Crippen LogP contribution in [0.1, 0.15) is 50.2 Å². The molecule has 1 saturated carbocycles. The first-order chi connectivity index (χ1) is 8.17. The summed E-state index contributed by atoms with van der Waals surface area (Å²) in [6, 6.07) is 10.5. The molecule has 2 heteroatoms. The number of nitriles is 1. The Bertz CT molecular complexity index is 423. The Morgan fingerprint density at radius 3 is 2.29 bits per heavy atom. The molecule has 2 nitrogen and oxygen atoms in total. The van der Waals surface area contributed by atoms with Crippen molar-refractivity contribution in [2.75, 3.05) is 0 Å². The van der Waals surface area contributed by atoms with Gasteiger partial charge in [-0.1, -0.05) is 26.0 Å². The Hall–Kier alpha value is -1.33. The molecule has 0 radical (unpaired) electrons. The SMILES string of the molecule is CCC1(CC)C(N)CC1c1ccc(C#N)cc1. The summed E-state index contributed by atoms with van der Waals surface area (Å²) >= 11 is 0. The molecule has 1 aliphatic carbocycles. The van der Waals surface area contributed by atoms with Crippen LogP contribution < -0.4 is 5.73 Å². The first-order valence-corrected chi connectivity index (χ1v) is 6.43. The van der Waals surface area contributed by atoms with Crippen molar-refractivity contribution in [1.82, 2.24) is 0 Å². The molecule has 0 spiro atoms. The zero-order valence-corrected chi connectivity index (χ0v) is 10.6. The highest BCUT2D eigenvalue weighted by Crippen LogP contribution is 2.56. The van der Waals surface area contributed by atoms with Gasteiger partial charge in [0.05, 0.1) is 11.6 Å². The van der Waals surface area contributed by atoms with Crippen molar-refractivity contribution in [1.29, 1.82) is 5.26 Å². The lowest BCUT2D eigenvalue weighted by Crippen LogP contribution is -2.55. The maximum atomic E-state index is 8.81. The lowest BCUT2D eigenvalue weighted by molar-refractivity contribution is 0.0438. The van der Waals surface area contributed by atoms with E-state index in [1.165, 1.54) is 5.56 Å². The minimum atomic E-state index is 0.272. The number of hydrogen-bond acceptors (Lipinski definition) is 2. The van der Waals surface area contributed by atoms with E-state index < -0.39 is 0 Å². The van der Waals surface area contributed by atoms with Crippen LogP contribution >= 0.6 is 0 Å². The highest BCUT2D eigenvalue weighted by molar-refractivity contribution is 5.35. The van der Waals surface area contributed by atoms with E-state index in [1.807, 2.05) is 12.1 Å². The average molecular weight is 228 g/mol. The third-order valence-electron chi connectivity index (χ3n) is 4.68. The van der Waals surface area contributed by atoms with Crippen molar-refractivity contribution in [3.63, 3.8) is 0 Å². The zero-order chi connectivity index (χ0) is 12.5. The van der Waals surface area contributed by atoms with E-state index in [0.29, 0.717) is 12.0 Å². The first-order valence-electron chi connectivity index (χ1n) is 6.43. The van der Waals surface area contributed by atoms with Gasteiger partial charge in [-0.3, -0.25) is 0 Å². The molecule has 1 fully saturated rings. The summed E-state index contributed by atoms with van der Waals surface area (Å²) in [4.78, 5) is 0. The summed E-state index contributed by atoms with van der Waals surface area (Å²) < 4.78 is 0. The molecule has 0 bridgehead atoms. The predicted molar refractivity (Wildman–Crippen MR) is 69.5 cm³/mol. The summed E-state index contributed by atoms with van der Waals surface area (Å²) in [5, 5.41) is 8.81. The van der Waals surface area contributed by atoms with E-state index in [1.54, 1.807) is 0 Å². The average Bonchev–Trinajstić information content (AvgIpc) is 2.38. The fraction of sp³-hybridized carbons (Fsp3) is 0.533. The van der Waals surface area contributed by atoms with Crippen LogP contribution in [0.5, 0.6) is 0 Å². The summed E-state index contributed by atoms with van der Waals surface area (Å²) in [5.41, 5.74) is 8.56. The van der Waals surface area contributed by atoms with Gasteiger partial charge < -0.3 is 5.73 Å². The van der Waals surface area contributed by atoms with Gasteiger partial charge in [0.1, 0.15) is 0 Å². The van der Waals surface area contributed by atoms with Crippen LogP contribution in [-0.2, 0) is 0 Å². The Labute approximate surface area is 103 Å². The lowest BCUT2D eigenvalue weighted by Gasteiger charge is -2.55. The van der Waals surface area contributed by atoms with Gasteiger partial charge in [-0.05, 0) is 48.3 Å². The van der Waals surface area contributed by atoms with Gasteiger partial charge in [-0.15, -0.1) is 0 Å². The van der Waals surface area contributed by atoms with Crippen molar-refractivity contribution in [2.24, 2.45) is 11.1 Å². The Balaban J connectivity index is 2.26. The molecule has 1 aromatic carbocycles. The summed E-state index contributed by atoms with van der Waals surface area (Å²) in [5.74, 6) is 0.570. The molecular formula is C15H20N2. The van der Waals surface area contributed by atoms with Gasteiger partial charge in [0, 0.05) is 6.04 Å². The number of benzene rings is 1. The minimum absolute atomic E-state index is 0.272. The molecule has 2 unspecified atom stereocenters. The molecule has 2 rings (SSSR count). The second-order valence-electron chi connectivity index (χ2n) is 5.07. The van der Waals surface area contributed by atoms with Crippen LogP contribution in [0.3, 0.4) is 0 Å². The number of hydrogen-bond donors (Lipinski definition) is 1. The van der Waals surface area contributed by atoms with E-state index in [0.717, 1.165) is 24.8 Å². The van der Waals surface area contributed by atoms with Crippen molar-refractivity contribution >= 4 is 0 Å². The minimum Gasteiger partial charge on any atom is -0.327 e. The van der Waals surface area contributed by atoms with Gasteiger partial charge in [-0.25, -0.2) is 0 Å². The summed E-state index contributed by atoms with van der Waals surface area (Å²) in [7, 11) is 0. The molecule has 1 aromatic rings. The Kier molecular flexibility index (Phi) is 3.22. The third-order valence-corrected chi connectivity index (χ3v) is 4.68. The maximum Gasteiger partial charge on any atom is 0.0991 e. The molecule has 0 aliphatic heterocycles. The first kappa shape index (κ1) is 12.1. The van der Waals surface area contributed by atoms with E-state index in [4.69, 9.17) is 11.0 Å². The van der Waals surface area contributed by atoms with Crippen LogP contribution in [-0.4, -0.2) is 6.04 Å². The topological polar surface area (TPSA) is 49.8 Å². The second kappa shape index (κ2) is 4.50. The van der Waals surface area contributed by atoms with Crippen LogP contribution in [0.4, 0.5) is 0 Å². The highest BCUT2D eigenvalue weighted by atomic mass is 14.8. The number of rotatable bonds is 3. The van der Waals surface area contributed by atoms with Crippen molar-refractivity contribution in [2.45, 2.75) is 45.1 Å². The third kappa shape index (κ3) is 1.75. The smallest absolute Gasteiger partial charge is 0.0991 e. The van der Waals surface area contributed by atoms with Gasteiger partial charge in [-0.2, -0.15) is 5.26 Å². The molecule has 17 heavy (non-hydrogen) atoms. The normalized spacial score (nSPS) is 26.0. The number of nitrogens with zero attached hydrogens (tertiary/aromatic N) is 1. The standard InChI is InChI=1S/C15H20N2/c1-3-15(4-2)13(9-14(15)17)12-7-5-11(10-16)6-8-12/h5-8,13-14H,3-4,9,17H2,1-2H3. The van der Waals surface area contributed by atoms with Crippen LogP contribution in [0.25, 0.3) is 0 Å². The Morgan fingerprint density at radius 2 is 1.88 bits per heavy atom. The Morgan fingerprint density at radius 1 is 1.29 bits per heavy atom. The molecule has 0 amide bonds. The molecule has 90 valence electrons. The molecule has 0 saturated heterocycles. The van der Waals surface area contributed by atoms with Crippen molar-refractivity contribution in [3.05, 3.63) is 35.4 Å². The van der Waals surface area contributed by atoms with E-state index in [9.17, 15) is 0 Å². The van der Waals surface area contributed by atoms with Crippen molar-refractivity contribution < 1.29 is 0 Å². The molecule has 0 aromatic heterocycles. The maximum absolute atomic E-state index is 8.81. The van der Waals surface area contributed by atoms with Gasteiger partial charge in [0.15, 0.2) is 0 Å². The second-order valence-corrected chi connectivity index (χ2v) is 5.07. The summed E-state index contributed by atoms with van der Waals surface area (Å²) in [6.07, 6.45) is 3.35. The zero-order valence-electron chi connectivity index (χ0n) is 10.6. The predicted octanol–water partition coefficient (Wildman–Crippen LogP) is 3.18. The van der Waals surface area contributed by atoms with E-state index in [2.05, 4.69) is 32.0 Å².